The van der Waals surface area contributed by atoms with Crippen LogP contribution in [0.25, 0.3) is 0 Å². The molecule has 2 N–H and O–H groups in total. The van der Waals surface area contributed by atoms with E-state index in [0.29, 0.717) is 5.95 Å². The molecule has 0 radical (unpaired) electrons. The zero-order chi connectivity index (χ0) is 15.5. The van der Waals surface area contributed by atoms with E-state index in [1.165, 1.54) is 19.6 Å². The Morgan fingerprint density at radius 1 is 1.33 bits per heavy atom. The maximum absolute atomic E-state index is 11.9. The Kier molecular flexibility index (Phi) is 4.33. The van der Waals surface area contributed by atoms with Crippen LogP contribution in [0.2, 0.25) is 0 Å². The number of sulfonamides is 1. The Labute approximate surface area is 121 Å². The molecule has 114 valence electrons. The van der Waals surface area contributed by atoms with Crippen LogP contribution >= 0.6 is 0 Å². The predicted molar refractivity (Wildman–Crippen MR) is 73.3 cm³/mol. The zero-order valence-corrected chi connectivity index (χ0v) is 12.5. The number of nitrogens with zero attached hydrogens (tertiary/aromatic N) is 5. The Balaban J connectivity index is 2.18. The lowest BCUT2D eigenvalue weighted by molar-refractivity contribution is 0.375. The van der Waals surface area contributed by atoms with E-state index in [9.17, 15) is 8.42 Å². The number of nitrogens with one attached hydrogen (secondary N) is 2. The van der Waals surface area contributed by atoms with Crippen LogP contribution in [0.1, 0.15) is 5.82 Å². The van der Waals surface area contributed by atoms with Gasteiger partial charge in [-0.3, -0.25) is 0 Å². The van der Waals surface area contributed by atoms with Crippen molar-refractivity contribution in [2.24, 2.45) is 0 Å². The summed E-state index contributed by atoms with van der Waals surface area (Å²) in [6, 6.07) is 0.115. The van der Waals surface area contributed by atoms with E-state index in [1.807, 2.05) is 0 Å². The highest BCUT2D eigenvalue weighted by molar-refractivity contribution is 7.89. The van der Waals surface area contributed by atoms with Crippen LogP contribution in [0.4, 0.5) is 5.95 Å². The summed E-state index contributed by atoms with van der Waals surface area (Å²) in [7, 11) is 1.25. The number of hydrogen-bond acceptors (Lipinski definition) is 8. The van der Waals surface area contributed by atoms with E-state index < -0.39 is 10.0 Å². The zero-order valence-electron chi connectivity index (χ0n) is 11.7. The van der Waals surface area contributed by atoms with Crippen molar-refractivity contribution in [1.29, 1.82) is 0 Å². The van der Waals surface area contributed by atoms with E-state index in [4.69, 9.17) is 4.74 Å². The van der Waals surface area contributed by atoms with Gasteiger partial charge in [-0.05, 0) is 0 Å². The summed E-state index contributed by atoms with van der Waals surface area (Å²) in [5.74, 6) is 0.617. The average molecular weight is 313 g/mol. The fourth-order valence-corrected chi connectivity index (χ4v) is 2.27. The van der Waals surface area contributed by atoms with Gasteiger partial charge in [-0.2, -0.15) is 15.0 Å². The fraction of sp³-hybridized carbons (Fsp3) is 0.400. The van der Waals surface area contributed by atoms with Crippen molar-refractivity contribution in [3.63, 3.8) is 0 Å². The number of aromatic nitrogens is 5. The van der Waals surface area contributed by atoms with Crippen LogP contribution in [0.5, 0.6) is 6.01 Å². The molecular formula is C10H15N7O3S. The van der Waals surface area contributed by atoms with Gasteiger partial charge >= 0.3 is 6.01 Å². The molecule has 0 spiro atoms. The summed E-state index contributed by atoms with van der Waals surface area (Å²) in [6.07, 6.45) is 2.49. The number of ether oxygens (including phenoxy) is 1. The molecule has 2 aromatic rings. The topological polar surface area (TPSA) is 126 Å². The van der Waals surface area contributed by atoms with Gasteiger partial charge in [0.05, 0.1) is 26.2 Å². The van der Waals surface area contributed by atoms with Crippen molar-refractivity contribution < 1.29 is 13.2 Å². The minimum atomic E-state index is -3.69. The van der Waals surface area contributed by atoms with E-state index >= 15 is 0 Å². The van der Waals surface area contributed by atoms with Crippen LogP contribution in [0.15, 0.2) is 17.6 Å². The molecule has 0 unspecified atom stereocenters. The summed E-state index contributed by atoms with van der Waals surface area (Å²) in [5.41, 5.74) is 0. The SMILES string of the molecule is COc1nc(CNS(=O)(=O)c2cnc[nH]2)nc(N(C)C)n1. The molecule has 0 bridgehead atoms. The van der Waals surface area contributed by atoms with Crippen molar-refractivity contribution in [1.82, 2.24) is 29.6 Å². The highest BCUT2D eigenvalue weighted by Crippen LogP contribution is 2.10. The fourth-order valence-electron chi connectivity index (χ4n) is 1.38. The highest BCUT2D eigenvalue weighted by atomic mass is 32.2. The van der Waals surface area contributed by atoms with Crippen molar-refractivity contribution in [3.8, 4) is 6.01 Å². The second-order valence-corrected chi connectivity index (χ2v) is 5.91. The van der Waals surface area contributed by atoms with Gasteiger partial charge in [0.25, 0.3) is 10.0 Å². The normalized spacial score (nSPS) is 11.4. The standard InChI is InChI=1S/C10H15N7O3S/c1-17(2)9-14-7(15-10(16-9)20-3)4-13-21(18,19)8-5-11-6-12-8/h5-6,13H,4H2,1-3H3,(H,11,12). The lowest BCUT2D eigenvalue weighted by Crippen LogP contribution is -2.25. The van der Waals surface area contributed by atoms with Gasteiger partial charge in [0.15, 0.2) is 10.9 Å². The van der Waals surface area contributed by atoms with E-state index in [1.54, 1.807) is 19.0 Å². The summed E-state index contributed by atoms with van der Waals surface area (Å²) >= 11 is 0. The number of methoxy groups -OCH3 is 1. The van der Waals surface area contributed by atoms with Crippen LogP contribution in [0.3, 0.4) is 0 Å². The Hall–Kier alpha value is -2.27. The van der Waals surface area contributed by atoms with Crippen molar-refractivity contribution >= 4 is 16.0 Å². The third-order valence-electron chi connectivity index (χ3n) is 2.41. The van der Waals surface area contributed by atoms with Crippen LogP contribution < -0.4 is 14.4 Å². The maximum Gasteiger partial charge on any atom is 0.321 e. The van der Waals surface area contributed by atoms with Gasteiger partial charge < -0.3 is 14.6 Å². The molecule has 0 aliphatic rings. The van der Waals surface area contributed by atoms with Gasteiger partial charge in [-0.15, -0.1) is 0 Å². The molecular weight excluding hydrogens is 298 g/mol. The summed E-state index contributed by atoms with van der Waals surface area (Å²) < 4.78 is 31.2. The number of rotatable bonds is 6. The quantitative estimate of drug-likeness (QED) is 0.706. The summed E-state index contributed by atoms with van der Waals surface area (Å²) in [4.78, 5) is 20.0. The molecule has 2 rings (SSSR count). The first-order chi connectivity index (χ1) is 9.92. The largest absolute Gasteiger partial charge is 0.467 e. The maximum atomic E-state index is 11.9. The molecule has 2 aromatic heterocycles. The Morgan fingerprint density at radius 3 is 2.67 bits per heavy atom. The number of anilines is 1. The molecule has 0 aliphatic carbocycles. The lowest BCUT2D eigenvalue weighted by atomic mass is 10.6. The first-order valence-electron chi connectivity index (χ1n) is 5.86. The molecule has 2 heterocycles. The lowest BCUT2D eigenvalue weighted by Gasteiger charge is -2.12. The van der Waals surface area contributed by atoms with Crippen LogP contribution in [0, 0.1) is 0 Å². The summed E-state index contributed by atoms with van der Waals surface area (Å²) in [5, 5.41) is -0.0312. The molecule has 0 atom stereocenters. The van der Waals surface area contributed by atoms with Gasteiger partial charge in [-0.25, -0.2) is 18.1 Å². The second kappa shape index (κ2) is 6.01. The number of aromatic amines is 1. The molecule has 0 aromatic carbocycles. The molecule has 11 heteroatoms. The first kappa shape index (κ1) is 15.1. The minimum Gasteiger partial charge on any atom is -0.467 e. The average Bonchev–Trinajstić information content (AvgIpc) is 3.00. The minimum absolute atomic E-state index is 0.0312. The van der Waals surface area contributed by atoms with Crippen LogP contribution in [-0.4, -0.2) is 54.5 Å². The molecule has 0 amide bonds. The smallest absolute Gasteiger partial charge is 0.321 e. The number of imidazole rings is 1. The molecule has 21 heavy (non-hydrogen) atoms. The van der Waals surface area contributed by atoms with Gasteiger partial charge in [-0.1, -0.05) is 0 Å². The van der Waals surface area contributed by atoms with Crippen molar-refractivity contribution in [2.75, 3.05) is 26.1 Å². The number of H-pyrrole nitrogens is 1. The third-order valence-corrected chi connectivity index (χ3v) is 3.74. The van der Waals surface area contributed by atoms with E-state index in [0.717, 1.165) is 0 Å². The monoisotopic (exact) mass is 313 g/mol. The molecule has 10 nitrogen and oxygen atoms in total. The predicted octanol–water partition coefficient (Wildman–Crippen LogP) is -0.852. The van der Waals surface area contributed by atoms with Crippen LogP contribution in [-0.2, 0) is 16.6 Å². The summed E-state index contributed by atoms with van der Waals surface area (Å²) in [6.45, 7) is -0.0962. The molecule has 0 aliphatic heterocycles. The highest BCUT2D eigenvalue weighted by Gasteiger charge is 2.17. The van der Waals surface area contributed by atoms with E-state index in [2.05, 4.69) is 29.6 Å². The van der Waals surface area contributed by atoms with Crippen molar-refractivity contribution in [2.45, 2.75) is 11.6 Å². The third kappa shape index (κ3) is 3.64. The van der Waals surface area contributed by atoms with Gasteiger partial charge in [0.1, 0.15) is 0 Å². The van der Waals surface area contributed by atoms with Crippen molar-refractivity contribution in [3.05, 3.63) is 18.3 Å². The Bertz CT molecular complexity index is 699. The molecule has 0 saturated heterocycles. The van der Waals surface area contributed by atoms with Gasteiger partial charge in [0.2, 0.25) is 5.95 Å². The van der Waals surface area contributed by atoms with E-state index in [-0.39, 0.29) is 23.4 Å². The van der Waals surface area contributed by atoms with Gasteiger partial charge in [0, 0.05) is 14.1 Å². The molecule has 0 saturated carbocycles. The second-order valence-electron chi connectivity index (χ2n) is 4.17. The first-order valence-corrected chi connectivity index (χ1v) is 7.35. The number of hydrogen-bond donors (Lipinski definition) is 2. The molecule has 0 fully saturated rings. The Morgan fingerprint density at radius 2 is 2.10 bits per heavy atom.